The summed E-state index contributed by atoms with van der Waals surface area (Å²) < 4.78 is 5.31. The lowest BCUT2D eigenvalue weighted by Gasteiger charge is -2.13. The number of carbonyl (C=O) groups is 3. The fourth-order valence-corrected chi connectivity index (χ4v) is 3.13. The number of ether oxygens (including phenoxy) is 1. The average Bonchev–Trinajstić information content (AvgIpc) is 2.74. The topological polar surface area (TPSA) is 112 Å². The number of hydrogen-bond acceptors (Lipinski definition) is 6. The minimum atomic E-state index is -0.584. The fourth-order valence-electron chi connectivity index (χ4n) is 2.11. The monoisotopic (exact) mass is 412 g/mol. The number of thioether (sulfide) groups is 1. The van der Waals surface area contributed by atoms with E-state index in [1.807, 2.05) is 6.07 Å². The molecule has 0 aromatic heterocycles. The lowest BCUT2D eigenvalue weighted by molar-refractivity contribution is -0.126. The van der Waals surface area contributed by atoms with Crippen LogP contribution in [0.2, 0.25) is 0 Å². The van der Waals surface area contributed by atoms with E-state index < -0.39 is 11.8 Å². The molecule has 2 N–H and O–H groups in total. The number of benzene rings is 2. The van der Waals surface area contributed by atoms with Crippen molar-refractivity contribution in [2.75, 3.05) is 26.5 Å². The minimum absolute atomic E-state index is 0.0756. The van der Waals surface area contributed by atoms with Crippen LogP contribution in [0.1, 0.15) is 15.9 Å². The van der Waals surface area contributed by atoms with Crippen LogP contribution < -0.4 is 15.6 Å². The van der Waals surface area contributed by atoms with Gasteiger partial charge in [-0.3, -0.25) is 25.2 Å². The molecule has 0 spiro atoms. The van der Waals surface area contributed by atoms with Crippen molar-refractivity contribution < 1.29 is 19.1 Å². The first-order valence-electron chi connectivity index (χ1n) is 8.55. The number of nitriles is 1. The Morgan fingerprint density at radius 1 is 1.07 bits per heavy atom. The van der Waals surface area contributed by atoms with E-state index in [0.717, 1.165) is 0 Å². The first-order valence-corrected chi connectivity index (χ1v) is 9.54. The maximum Gasteiger partial charge on any atom is 0.276 e. The zero-order valence-electron chi connectivity index (χ0n) is 16.0. The van der Waals surface area contributed by atoms with Gasteiger partial charge in [0.1, 0.15) is 11.8 Å². The predicted octanol–water partition coefficient (Wildman–Crippen LogP) is 1.58. The predicted molar refractivity (Wildman–Crippen MR) is 108 cm³/mol. The van der Waals surface area contributed by atoms with Crippen molar-refractivity contribution in [1.82, 2.24) is 15.8 Å². The highest BCUT2D eigenvalue weighted by Crippen LogP contribution is 2.22. The molecule has 0 bridgehead atoms. The van der Waals surface area contributed by atoms with E-state index in [1.54, 1.807) is 62.6 Å². The van der Waals surface area contributed by atoms with Crippen LogP contribution in [-0.4, -0.2) is 49.1 Å². The Kier molecular flexibility index (Phi) is 8.06. The zero-order valence-corrected chi connectivity index (χ0v) is 16.8. The lowest BCUT2D eigenvalue weighted by atomic mass is 10.2. The van der Waals surface area contributed by atoms with Gasteiger partial charge in [-0.15, -0.1) is 11.8 Å². The van der Waals surface area contributed by atoms with Gasteiger partial charge in [0.15, 0.2) is 6.61 Å². The van der Waals surface area contributed by atoms with Crippen LogP contribution in [0.3, 0.4) is 0 Å². The Morgan fingerprint density at radius 2 is 1.76 bits per heavy atom. The van der Waals surface area contributed by atoms with Crippen molar-refractivity contribution in [3.05, 3.63) is 59.7 Å². The number of amides is 3. The number of hydrogen-bond donors (Lipinski definition) is 2. The molecule has 0 fully saturated rings. The molecule has 0 atom stereocenters. The Morgan fingerprint density at radius 3 is 2.48 bits per heavy atom. The summed E-state index contributed by atoms with van der Waals surface area (Å²) in [5.74, 6) is -0.706. The summed E-state index contributed by atoms with van der Waals surface area (Å²) in [5.41, 5.74) is 5.23. The van der Waals surface area contributed by atoms with Crippen molar-refractivity contribution >= 4 is 29.5 Å². The first kappa shape index (κ1) is 21.8. The van der Waals surface area contributed by atoms with Crippen molar-refractivity contribution in [2.45, 2.75) is 4.90 Å². The summed E-state index contributed by atoms with van der Waals surface area (Å²) in [6.45, 7) is -0.368. The summed E-state index contributed by atoms with van der Waals surface area (Å²) in [7, 11) is 3.32. The standard InChI is InChI=1S/C20H20N4O4S/c1-24(2)19(26)13-29-17-10-6-4-8-15(17)20(27)23-22-18(25)12-28-16-9-5-3-7-14(16)11-21/h3-10H,12-13H2,1-2H3,(H,22,25)(H,23,27). The summed E-state index contributed by atoms with van der Waals surface area (Å²) >= 11 is 1.24. The van der Waals surface area contributed by atoms with Crippen LogP contribution in [0, 0.1) is 11.3 Å². The molecule has 0 radical (unpaired) electrons. The highest BCUT2D eigenvalue weighted by atomic mass is 32.2. The minimum Gasteiger partial charge on any atom is -0.482 e. The highest BCUT2D eigenvalue weighted by molar-refractivity contribution is 8.00. The number of nitrogens with zero attached hydrogens (tertiary/aromatic N) is 2. The van der Waals surface area contributed by atoms with Crippen LogP contribution in [0.5, 0.6) is 5.75 Å². The number of para-hydroxylation sites is 1. The lowest BCUT2D eigenvalue weighted by Crippen LogP contribution is -2.44. The second-order valence-corrected chi connectivity index (χ2v) is 6.99. The summed E-state index contributed by atoms with van der Waals surface area (Å²) in [6.07, 6.45) is 0. The number of nitrogens with one attached hydrogen (secondary N) is 2. The van der Waals surface area contributed by atoms with Gasteiger partial charge in [-0.1, -0.05) is 24.3 Å². The zero-order chi connectivity index (χ0) is 21.2. The highest BCUT2D eigenvalue weighted by Gasteiger charge is 2.14. The van der Waals surface area contributed by atoms with Crippen LogP contribution >= 0.6 is 11.8 Å². The van der Waals surface area contributed by atoms with Crippen molar-refractivity contribution in [3.8, 4) is 11.8 Å². The van der Waals surface area contributed by atoms with E-state index in [1.165, 1.54) is 16.7 Å². The third-order valence-electron chi connectivity index (χ3n) is 3.66. The molecule has 0 aliphatic rings. The molecule has 0 saturated heterocycles. The molecule has 0 heterocycles. The van der Waals surface area contributed by atoms with Crippen molar-refractivity contribution in [2.24, 2.45) is 0 Å². The quantitative estimate of drug-likeness (QED) is 0.528. The maximum atomic E-state index is 12.4. The number of carbonyl (C=O) groups excluding carboxylic acids is 3. The molecule has 2 rings (SSSR count). The molecule has 3 amide bonds. The molecular formula is C20H20N4O4S. The Bertz CT molecular complexity index is 940. The number of rotatable bonds is 7. The first-order chi connectivity index (χ1) is 13.9. The molecule has 29 heavy (non-hydrogen) atoms. The van der Waals surface area contributed by atoms with E-state index in [4.69, 9.17) is 10.00 Å². The second-order valence-electron chi connectivity index (χ2n) is 5.97. The van der Waals surface area contributed by atoms with Gasteiger partial charge in [0.05, 0.1) is 16.9 Å². The van der Waals surface area contributed by atoms with E-state index in [-0.39, 0.29) is 24.0 Å². The van der Waals surface area contributed by atoms with Crippen LogP contribution in [0.15, 0.2) is 53.4 Å². The smallest absolute Gasteiger partial charge is 0.276 e. The van der Waals surface area contributed by atoms with E-state index >= 15 is 0 Å². The molecule has 0 saturated carbocycles. The average molecular weight is 412 g/mol. The van der Waals surface area contributed by atoms with Gasteiger partial charge in [0, 0.05) is 19.0 Å². The van der Waals surface area contributed by atoms with Gasteiger partial charge in [-0.25, -0.2) is 0 Å². The van der Waals surface area contributed by atoms with Gasteiger partial charge in [-0.2, -0.15) is 5.26 Å². The normalized spacial score (nSPS) is 9.83. The van der Waals surface area contributed by atoms with Crippen LogP contribution in [0.4, 0.5) is 0 Å². The third kappa shape index (κ3) is 6.55. The summed E-state index contributed by atoms with van der Waals surface area (Å²) in [6, 6.07) is 15.3. The van der Waals surface area contributed by atoms with Crippen molar-refractivity contribution in [3.63, 3.8) is 0 Å². The Balaban J connectivity index is 1.89. The molecular weight excluding hydrogens is 392 g/mol. The molecule has 2 aromatic carbocycles. The molecule has 0 unspecified atom stereocenters. The van der Waals surface area contributed by atoms with Crippen LogP contribution in [0.25, 0.3) is 0 Å². The maximum absolute atomic E-state index is 12.4. The van der Waals surface area contributed by atoms with Gasteiger partial charge in [0.2, 0.25) is 5.91 Å². The van der Waals surface area contributed by atoms with E-state index in [2.05, 4.69) is 10.9 Å². The molecule has 150 valence electrons. The molecule has 0 aliphatic carbocycles. The second kappa shape index (κ2) is 10.7. The molecule has 0 aliphatic heterocycles. The Hall–Kier alpha value is -3.51. The SMILES string of the molecule is CN(C)C(=O)CSc1ccccc1C(=O)NNC(=O)COc1ccccc1C#N. The molecule has 2 aromatic rings. The van der Waals surface area contributed by atoms with Gasteiger partial charge >= 0.3 is 0 Å². The van der Waals surface area contributed by atoms with E-state index in [9.17, 15) is 14.4 Å². The fraction of sp³-hybridized carbons (Fsp3) is 0.200. The van der Waals surface area contributed by atoms with Gasteiger partial charge < -0.3 is 9.64 Å². The van der Waals surface area contributed by atoms with E-state index in [0.29, 0.717) is 16.0 Å². The van der Waals surface area contributed by atoms with Crippen LogP contribution in [-0.2, 0) is 9.59 Å². The number of hydrazine groups is 1. The summed E-state index contributed by atoms with van der Waals surface area (Å²) in [5, 5.41) is 9.01. The summed E-state index contributed by atoms with van der Waals surface area (Å²) in [4.78, 5) is 38.2. The van der Waals surface area contributed by atoms with Gasteiger partial charge in [-0.05, 0) is 24.3 Å². The molecule has 8 nitrogen and oxygen atoms in total. The van der Waals surface area contributed by atoms with Gasteiger partial charge in [0.25, 0.3) is 11.8 Å². The Labute approximate surface area is 172 Å². The third-order valence-corrected chi connectivity index (χ3v) is 4.72. The van der Waals surface area contributed by atoms with Crippen molar-refractivity contribution in [1.29, 1.82) is 5.26 Å². The largest absolute Gasteiger partial charge is 0.482 e. The molecule has 9 heteroatoms.